The number of aromatic nitrogens is 2. The van der Waals surface area contributed by atoms with Crippen molar-refractivity contribution in [3.05, 3.63) is 41.9 Å². The summed E-state index contributed by atoms with van der Waals surface area (Å²) >= 11 is 0. The van der Waals surface area contributed by atoms with Gasteiger partial charge in [-0.05, 0) is 18.6 Å². The zero-order chi connectivity index (χ0) is 17.8. The molecular weight excluding hydrogens is 316 g/mol. The zero-order valence-electron chi connectivity index (χ0n) is 14.8. The van der Waals surface area contributed by atoms with E-state index < -0.39 is 0 Å². The molecule has 0 saturated heterocycles. The molecule has 132 valence electrons. The second-order valence-corrected chi connectivity index (χ2v) is 6.38. The van der Waals surface area contributed by atoms with Crippen LogP contribution in [0.25, 0.3) is 0 Å². The van der Waals surface area contributed by atoms with E-state index in [0.717, 1.165) is 31.5 Å². The summed E-state index contributed by atoms with van der Waals surface area (Å²) in [4.78, 5) is 25.7. The Kier molecular flexibility index (Phi) is 5.16. The molecule has 6 heteroatoms. The first-order valence-electron chi connectivity index (χ1n) is 8.78. The van der Waals surface area contributed by atoms with Crippen molar-refractivity contribution >= 4 is 17.4 Å². The second kappa shape index (κ2) is 7.51. The number of amides is 1. The lowest BCUT2D eigenvalue weighted by molar-refractivity contribution is 0.0989. The van der Waals surface area contributed by atoms with Crippen LogP contribution in [0.1, 0.15) is 42.4 Å². The van der Waals surface area contributed by atoms with Gasteiger partial charge in [0.15, 0.2) is 0 Å². The van der Waals surface area contributed by atoms with Gasteiger partial charge in [-0.2, -0.15) is 0 Å². The van der Waals surface area contributed by atoms with Gasteiger partial charge in [0.2, 0.25) is 0 Å². The smallest absolute Gasteiger partial charge is 0.263 e. The van der Waals surface area contributed by atoms with E-state index in [9.17, 15) is 9.90 Å². The lowest BCUT2D eigenvalue weighted by Crippen LogP contribution is -2.33. The third-order valence-corrected chi connectivity index (χ3v) is 4.46. The van der Waals surface area contributed by atoms with E-state index in [-0.39, 0.29) is 11.7 Å². The van der Waals surface area contributed by atoms with Crippen molar-refractivity contribution < 1.29 is 9.90 Å². The number of rotatable bonds is 5. The van der Waals surface area contributed by atoms with Crippen molar-refractivity contribution in [3.8, 4) is 5.75 Å². The summed E-state index contributed by atoms with van der Waals surface area (Å²) in [6.07, 6.45) is 5.84. The van der Waals surface area contributed by atoms with Gasteiger partial charge in [-0.1, -0.05) is 25.8 Å². The third-order valence-electron chi connectivity index (χ3n) is 4.46. The van der Waals surface area contributed by atoms with Crippen LogP contribution in [0, 0.1) is 0 Å². The number of hydrogen-bond acceptors (Lipinski definition) is 5. The summed E-state index contributed by atoms with van der Waals surface area (Å²) in [5, 5.41) is 9.71. The number of benzene rings is 1. The topological polar surface area (TPSA) is 69.6 Å². The first-order chi connectivity index (χ1) is 12.1. The van der Waals surface area contributed by atoms with Gasteiger partial charge in [0.05, 0.1) is 0 Å². The van der Waals surface area contributed by atoms with Crippen molar-refractivity contribution in [1.82, 2.24) is 9.97 Å². The summed E-state index contributed by atoms with van der Waals surface area (Å²) < 4.78 is 0. The van der Waals surface area contributed by atoms with Gasteiger partial charge in [0, 0.05) is 44.5 Å². The Labute approximate surface area is 148 Å². The molecule has 0 radical (unpaired) electrons. The van der Waals surface area contributed by atoms with Crippen LogP contribution in [0.15, 0.2) is 30.5 Å². The van der Waals surface area contributed by atoms with E-state index in [4.69, 9.17) is 0 Å². The van der Waals surface area contributed by atoms with Crippen LogP contribution >= 0.6 is 0 Å². The number of phenolic OH excluding ortho intramolecular Hbond substituents is 1. The summed E-state index contributed by atoms with van der Waals surface area (Å²) in [5.74, 6) is 1.49. The highest BCUT2D eigenvalue weighted by atomic mass is 16.3. The molecule has 1 aromatic carbocycles. The molecule has 1 N–H and O–H groups in total. The summed E-state index contributed by atoms with van der Waals surface area (Å²) in [6, 6.07) is 6.75. The maximum Gasteiger partial charge on any atom is 0.263 e. The van der Waals surface area contributed by atoms with Crippen LogP contribution in [0.2, 0.25) is 0 Å². The number of phenols is 1. The van der Waals surface area contributed by atoms with E-state index >= 15 is 0 Å². The molecule has 1 aliphatic rings. The Balaban J connectivity index is 1.91. The van der Waals surface area contributed by atoms with Crippen molar-refractivity contribution in [2.45, 2.75) is 32.6 Å². The summed E-state index contributed by atoms with van der Waals surface area (Å²) in [7, 11) is 1.95. The van der Waals surface area contributed by atoms with Crippen LogP contribution in [0.5, 0.6) is 5.75 Å². The van der Waals surface area contributed by atoms with E-state index in [1.165, 1.54) is 0 Å². The number of nitrogens with zero attached hydrogens (tertiary/aromatic N) is 4. The Morgan fingerprint density at radius 2 is 2.08 bits per heavy atom. The normalized spacial score (nSPS) is 14.4. The minimum Gasteiger partial charge on any atom is -0.508 e. The Morgan fingerprint density at radius 1 is 1.24 bits per heavy atom. The molecular formula is C19H24N4O2. The molecule has 0 unspecified atom stereocenters. The molecule has 0 aliphatic carbocycles. The van der Waals surface area contributed by atoms with E-state index in [0.29, 0.717) is 30.2 Å². The number of unbranched alkanes of at least 4 members (excludes halogenated alkanes) is 2. The lowest BCUT2D eigenvalue weighted by Gasteiger charge is -2.21. The Morgan fingerprint density at radius 3 is 2.84 bits per heavy atom. The molecule has 0 atom stereocenters. The second-order valence-electron chi connectivity index (χ2n) is 6.38. The number of carbonyl (C=O) groups excluding carboxylic acids is 1. The highest BCUT2D eigenvalue weighted by molar-refractivity contribution is 6.09. The molecule has 2 aromatic rings. The van der Waals surface area contributed by atoms with E-state index in [2.05, 4.69) is 16.9 Å². The molecule has 6 nitrogen and oxygen atoms in total. The highest BCUT2D eigenvalue weighted by Crippen LogP contribution is 2.27. The lowest BCUT2D eigenvalue weighted by atomic mass is 10.2. The average Bonchev–Trinajstić information content (AvgIpc) is 2.73. The maximum absolute atomic E-state index is 13.0. The number of anilines is 2. The number of likely N-dealkylation sites (N-methyl/N-ethyl adjacent to an activating group) is 1. The van der Waals surface area contributed by atoms with Crippen LogP contribution in [-0.4, -0.2) is 41.1 Å². The minimum atomic E-state index is -0.134. The highest BCUT2D eigenvalue weighted by Gasteiger charge is 2.28. The van der Waals surface area contributed by atoms with E-state index in [1.807, 2.05) is 18.0 Å². The average molecular weight is 340 g/mol. The Hall–Kier alpha value is -2.63. The summed E-state index contributed by atoms with van der Waals surface area (Å²) in [6.45, 7) is 3.36. The fourth-order valence-electron chi connectivity index (χ4n) is 3.01. The standard InChI is InChI=1S/C19H24N4O2/c1-3-4-5-9-17-20-13-16-18(21-17)22(2)10-11-23(19(16)25)14-7-6-8-15(24)12-14/h6-8,12-13,24H,3-5,9-11H2,1-2H3. The van der Waals surface area contributed by atoms with Crippen LogP contribution in [0.4, 0.5) is 11.5 Å². The van der Waals surface area contributed by atoms with Gasteiger partial charge in [0.1, 0.15) is 23.0 Å². The van der Waals surface area contributed by atoms with Crippen LogP contribution in [-0.2, 0) is 6.42 Å². The molecule has 0 saturated carbocycles. The molecule has 0 bridgehead atoms. The van der Waals surface area contributed by atoms with Crippen molar-refractivity contribution in [2.75, 3.05) is 29.9 Å². The molecule has 3 rings (SSSR count). The van der Waals surface area contributed by atoms with Crippen LogP contribution in [0.3, 0.4) is 0 Å². The predicted molar refractivity (Wildman–Crippen MR) is 98.3 cm³/mol. The van der Waals surface area contributed by atoms with Gasteiger partial charge in [-0.3, -0.25) is 4.79 Å². The van der Waals surface area contributed by atoms with Gasteiger partial charge in [-0.25, -0.2) is 9.97 Å². The van der Waals surface area contributed by atoms with Gasteiger partial charge < -0.3 is 14.9 Å². The zero-order valence-corrected chi connectivity index (χ0v) is 14.8. The molecule has 0 fully saturated rings. The number of hydrogen-bond donors (Lipinski definition) is 1. The quantitative estimate of drug-likeness (QED) is 0.847. The van der Waals surface area contributed by atoms with Crippen molar-refractivity contribution in [3.63, 3.8) is 0 Å². The number of carbonyl (C=O) groups is 1. The third kappa shape index (κ3) is 3.73. The number of aryl methyl sites for hydroxylation is 1. The molecule has 1 aliphatic heterocycles. The minimum absolute atomic E-state index is 0.134. The largest absolute Gasteiger partial charge is 0.508 e. The van der Waals surface area contributed by atoms with Crippen molar-refractivity contribution in [1.29, 1.82) is 0 Å². The number of fused-ring (bicyclic) bond motifs is 1. The first-order valence-corrected chi connectivity index (χ1v) is 8.78. The SMILES string of the molecule is CCCCCc1ncc2c(n1)N(C)CCN(c1cccc(O)c1)C2=O. The summed E-state index contributed by atoms with van der Waals surface area (Å²) in [5.41, 5.74) is 1.18. The van der Waals surface area contributed by atoms with Crippen molar-refractivity contribution in [2.24, 2.45) is 0 Å². The van der Waals surface area contributed by atoms with Gasteiger partial charge >= 0.3 is 0 Å². The fraction of sp³-hybridized carbons (Fsp3) is 0.421. The first kappa shape index (κ1) is 17.2. The Bertz CT molecular complexity index is 763. The van der Waals surface area contributed by atoms with E-state index in [1.54, 1.807) is 29.3 Å². The number of aromatic hydroxyl groups is 1. The molecule has 1 amide bonds. The predicted octanol–water partition coefficient (Wildman–Crippen LogP) is 3.01. The fourth-order valence-corrected chi connectivity index (χ4v) is 3.01. The monoisotopic (exact) mass is 340 g/mol. The molecule has 2 heterocycles. The van der Waals surface area contributed by atoms with Gasteiger partial charge in [-0.15, -0.1) is 0 Å². The molecule has 0 spiro atoms. The van der Waals surface area contributed by atoms with Gasteiger partial charge in [0.25, 0.3) is 5.91 Å². The molecule has 25 heavy (non-hydrogen) atoms. The maximum atomic E-state index is 13.0. The van der Waals surface area contributed by atoms with Crippen LogP contribution < -0.4 is 9.80 Å². The molecule has 1 aromatic heterocycles.